The Morgan fingerprint density at radius 2 is 1.94 bits per heavy atom. The van der Waals surface area contributed by atoms with Crippen molar-refractivity contribution < 1.29 is 9.53 Å². The summed E-state index contributed by atoms with van der Waals surface area (Å²) in [6, 6.07) is 0.506. The number of esters is 1. The van der Waals surface area contributed by atoms with Gasteiger partial charge in [-0.25, -0.2) is 0 Å². The van der Waals surface area contributed by atoms with Gasteiger partial charge in [-0.05, 0) is 32.6 Å². The zero-order valence-corrected chi connectivity index (χ0v) is 12.3. The third kappa shape index (κ3) is 3.98. The smallest absolute Gasteiger partial charge is 0.326 e. The Bertz CT molecular complexity index is 249. The van der Waals surface area contributed by atoms with E-state index in [1.165, 1.54) is 25.7 Å². The van der Waals surface area contributed by atoms with Crippen molar-refractivity contribution in [3.05, 3.63) is 0 Å². The zero-order chi connectivity index (χ0) is 13.4. The largest absolute Gasteiger partial charge is 0.465 e. The highest BCUT2D eigenvalue weighted by Gasteiger charge is 2.39. The Hall–Kier alpha value is -0.570. The minimum absolute atomic E-state index is 0.0483. The summed E-state index contributed by atoms with van der Waals surface area (Å²) >= 11 is 0. The molecule has 1 aliphatic rings. The molecule has 0 aromatic heterocycles. The van der Waals surface area contributed by atoms with Gasteiger partial charge in [0, 0.05) is 6.04 Å². The van der Waals surface area contributed by atoms with Gasteiger partial charge in [0.05, 0.1) is 6.61 Å². The maximum atomic E-state index is 12.3. The second-order valence-electron chi connectivity index (χ2n) is 5.39. The third-order valence-corrected chi connectivity index (χ3v) is 4.06. The predicted octanol–water partition coefficient (Wildman–Crippen LogP) is 3.42. The van der Waals surface area contributed by atoms with Crippen molar-refractivity contribution in [2.24, 2.45) is 0 Å². The molecule has 0 amide bonds. The molecular weight excluding hydrogens is 226 g/mol. The monoisotopic (exact) mass is 255 g/mol. The van der Waals surface area contributed by atoms with Crippen molar-refractivity contribution in [2.75, 3.05) is 6.61 Å². The number of ether oxygens (including phenoxy) is 1. The van der Waals surface area contributed by atoms with E-state index in [0.29, 0.717) is 12.6 Å². The Kier molecular flexibility index (Phi) is 6.69. The Morgan fingerprint density at radius 3 is 2.44 bits per heavy atom. The summed E-state index contributed by atoms with van der Waals surface area (Å²) in [5.74, 6) is -0.0483. The fraction of sp³-hybridized carbons (Fsp3) is 0.933. The van der Waals surface area contributed by atoms with Crippen molar-refractivity contribution in [3.8, 4) is 0 Å². The molecule has 1 rings (SSSR count). The van der Waals surface area contributed by atoms with Crippen LogP contribution in [-0.4, -0.2) is 24.2 Å². The van der Waals surface area contributed by atoms with Gasteiger partial charge < -0.3 is 4.74 Å². The lowest BCUT2D eigenvalue weighted by Gasteiger charge is -2.34. The lowest BCUT2D eigenvalue weighted by Crippen LogP contribution is -2.55. The van der Waals surface area contributed by atoms with Crippen LogP contribution in [-0.2, 0) is 9.53 Å². The molecule has 1 saturated carbocycles. The highest BCUT2D eigenvalue weighted by Crippen LogP contribution is 2.26. The molecule has 3 nitrogen and oxygen atoms in total. The van der Waals surface area contributed by atoms with Crippen LogP contribution in [0.25, 0.3) is 0 Å². The second-order valence-corrected chi connectivity index (χ2v) is 5.39. The first-order valence-electron chi connectivity index (χ1n) is 7.63. The number of nitrogens with one attached hydrogen (secondary N) is 1. The number of hydrogen-bond acceptors (Lipinski definition) is 3. The standard InChI is InChI=1S/C15H29NO2/c1-4-7-12-15(5-2,14(17)18-6-3)16-13-10-8-9-11-13/h13,16H,4-12H2,1-3H3. The Labute approximate surface area is 112 Å². The SMILES string of the molecule is CCCCC(CC)(NC1CCCC1)C(=O)OCC. The summed E-state index contributed by atoms with van der Waals surface area (Å²) < 4.78 is 5.30. The zero-order valence-electron chi connectivity index (χ0n) is 12.3. The third-order valence-electron chi connectivity index (χ3n) is 4.06. The van der Waals surface area contributed by atoms with Crippen LogP contribution >= 0.6 is 0 Å². The van der Waals surface area contributed by atoms with E-state index in [2.05, 4.69) is 19.2 Å². The first kappa shape index (κ1) is 15.5. The second kappa shape index (κ2) is 7.78. The molecule has 1 aliphatic carbocycles. The van der Waals surface area contributed by atoms with E-state index in [4.69, 9.17) is 4.74 Å². The maximum Gasteiger partial charge on any atom is 0.326 e. The molecule has 3 heteroatoms. The van der Waals surface area contributed by atoms with Gasteiger partial charge in [-0.3, -0.25) is 10.1 Å². The number of rotatable bonds is 8. The van der Waals surface area contributed by atoms with Crippen molar-refractivity contribution in [1.82, 2.24) is 5.32 Å². The first-order chi connectivity index (χ1) is 8.68. The van der Waals surface area contributed by atoms with Crippen LogP contribution in [0.5, 0.6) is 0 Å². The lowest BCUT2D eigenvalue weighted by molar-refractivity contribution is -0.152. The molecule has 1 unspecified atom stereocenters. The molecule has 0 spiro atoms. The fourth-order valence-corrected chi connectivity index (χ4v) is 2.87. The van der Waals surface area contributed by atoms with Gasteiger partial charge in [0.2, 0.25) is 0 Å². The lowest BCUT2D eigenvalue weighted by atomic mass is 9.88. The molecule has 0 aromatic carbocycles. The minimum Gasteiger partial charge on any atom is -0.465 e. The average Bonchev–Trinajstić information content (AvgIpc) is 2.87. The topological polar surface area (TPSA) is 38.3 Å². The number of carbonyl (C=O) groups is 1. The summed E-state index contributed by atoms with van der Waals surface area (Å²) in [6.45, 7) is 6.61. The summed E-state index contributed by atoms with van der Waals surface area (Å²) in [6.07, 6.45) is 8.89. The molecule has 0 bridgehead atoms. The van der Waals surface area contributed by atoms with E-state index < -0.39 is 5.54 Å². The molecule has 1 fully saturated rings. The minimum atomic E-state index is -0.443. The molecule has 0 radical (unpaired) electrons. The molecule has 0 aromatic rings. The predicted molar refractivity (Wildman–Crippen MR) is 74.6 cm³/mol. The van der Waals surface area contributed by atoms with Crippen LogP contribution in [0.4, 0.5) is 0 Å². The highest BCUT2D eigenvalue weighted by atomic mass is 16.5. The van der Waals surface area contributed by atoms with Gasteiger partial charge in [-0.1, -0.05) is 39.5 Å². The summed E-state index contributed by atoms with van der Waals surface area (Å²) in [5.41, 5.74) is -0.443. The summed E-state index contributed by atoms with van der Waals surface area (Å²) in [4.78, 5) is 12.3. The molecule has 18 heavy (non-hydrogen) atoms. The average molecular weight is 255 g/mol. The molecule has 0 aliphatic heterocycles. The van der Waals surface area contributed by atoms with E-state index in [1.807, 2.05) is 6.92 Å². The van der Waals surface area contributed by atoms with Crippen LogP contribution in [0, 0.1) is 0 Å². The highest BCUT2D eigenvalue weighted by molar-refractivity contribution is 5.80. The number of unbranched alkanes of at least 4 members (excludes halogenated alkanes) is 1. The first-order valence-corrected chi connectivity index (χ1v) is 7.63. The molecule has 106 valence electrons. The van der Waals surface area contributed by atoms with Crippen LogP contribution in [0.15, 0.2) is 0 Å². The van der Waals surface area contributed by atoms with Gasteiger partial charge in [0.25, 0.3) is 0 Å². The molecule has 0 saturated heterocycles. The van der Waals surface area contributed by atoms with Gasteiger partial charge in [-0.2, -0.15) is 0 Å². The Balaban J connectivity index is 2.71. The fourth-order valence-electron chi connectivity index (χ4n) is 2.87. The van der Waals surface area contributed by atoms with Gasteiger partial charge >= 0.3 is 5.97 Å². The molecular formula is C15H29NO2. The van der Waals surface area contributed by atoms with Crippen molar-refractivity contribution >= 4 is 5.97 Å². The van der Waals surface area contributed by atoms with Crippen molar-refractivity contribution in [3.63, 3.8) is 0 Å². The molecule has 1 N–H and O–H groups in total. The van der Waals surface area contributed by atoms with Crippen LogP contribution in [0.2, 0.25) is 0 Å². The van der Waals surface area contributed by atoms with Gasteiger partial charge in [-0.15, -0.1) is 0 Å². The van der Waals surface area contributed by atoms with Gasteiger partial charge in [0.15, 0.2) is 0 Å². The van der Waals surface area contributed by atoms with Crippen LogP contribution in [0.3, 0.4) is 0 Å². The maximum absolute atomic E-state index is 12.3. The number of carbonyl (C=O) groups excluding carboxylic acids is 1. The van der Waals surface area contributed by atoms with E-state index in [0.717, 1.165) is 25.7 Å². The quantitative estimate of drug-likeness (QED) is 0.675. The molecule has 1 atom stereocenters. The summed E-state index contributed by atoms with van der Waals surface area (Å²) in [7, 11) is 0. The Morgan fingerprint density at radius 1 is 1.28 bits per heavy atom. The van der Waals surface area contributed by atoms with E-state index >= 15 is 0 Å². The van der Waals surface area contributed by atoms with Gasteiger partial charge in [0.1, 0.15) is 5.54 Å². The van der Waals surface area contributed by atoms with Crippen LogP contribution < -0.4 is 5.32 Å². The van der Waals surface area contributed by atoms with Crippen molar-refractivity contribution in [1.29, 1.82) is 0 Å². The van der Waals surface area contributed by atoms with Crippen molar-refractivity contribution in [2.45, 2.75) is 83.7 Å². The number of hydrogen-bond donors (Lipinski definition) is 1. The van der Waals surface area contributed by atoms with E-state index in [9.17, 15) is 4.79 Å². The van der Waals surface area contributed by atoms with E-state index in [1.54, 1.807) is 0 Å². The summed E-state index contributed by atoms with van der Waals surface area (Å²) in [5, 5.41) is 3.62. The van der Waals surface area contributed by atoms with E-state index in [-0.39, 0.29) is 5.97 Å². The molecule has 0 heterocycles. The normalized spacial score (nSPS) is 19.7. The van der Waals surface area contributed by atoms with Crippen LogP contribution in [0.1, 0.15) is 72.1 Å².